The highest BCUT2D eigenvalue weighted by Crippen LogP contribution is 2.32. The summed E-state index contributed by atoms with van der Waals surface area (Å²) >= 11 is 5.88. The third-order valence-electron chi connectivity index (χ3n) is 4.02. The van der Waals surface area contributed by atoms with Crippen LogP contribution in [0.15, 0.2) is 24.3 Å². The third kappa shape index (κ3) is 3.96. The van der Waals surface area contributed by atoms with Gasteiger partial charge in [-0.2, -0.15) is 0 Å². The predicted octanol–water partition coefficient (Wildman–Crippen LogP) is 1.73. The fourth-order valence-electron chi connectivity index (χ4n) is 2.75. The molecule has 0 saturated carbocycles. The number of carbonyl (C=O) groups excluding carboxylic acids is 4. The van der Waals surface area contributed by atoms with Crippen LogP contribution in [0, 0.1) is 0 Å². The van der Waals surface area contributed by atoms with Gasteiger partial charge in [-0.1, -0.05) is 30.7 Å². The van der Waals surface area contributed by atoms with E-state index >= 15 is 0 Å². The number of urea groups is 2. The average Bonchev–Trinajstić information content (AvgIpc) is 2.79. The maximum absolute atomic E-state index is 12.9. The fraction of sp³-hybridized carbons (Fsp3) is 0.412. The van der Waals surface area contributed by atoms with Gasteiger partial charge in [0.2, 0.25) is 5.91 Å². The zero-order chi connectivity index (χ0) is 19.5. The zero-order valence-corrected chi connectivity index (χ0v) is 15.5. The van der Waals surface area contributed by atoms with Crippen LogP contribution in [0.2, 0.25) is 5.02 Å². The molecule has 1 aliphatic heterocycles. The van der Waals surface area contributed by atoms with Crippen molar-refractivity contribution in [3.05, 3.63) is 34.9 Å². The SMILES string of the molecule is CC[C@@]1(c2ccc(Cl)cc2)NC(=O)N(CC(=O)NC(=O)NC(C)C)C1=O. The Kier molecular flexibility index (Phi) is 5.86. The van der Waals surface area contributed by atoms with Crippen molar-refractivity contribution in [3.63, 3.8) is 0 Å². The van der Waals surface area contributed by atoms with Gasteiger partial charge in [0.25, 0.3) is 5.91 Å². The highest BCUT2D eigenvalue weighted by Gasteiger charge is 2.51. The molecule has 6 amide bonds. The molecule has 1 heterocycles. The lowest BCUT2D eigenvalue weighted by Crippen LogP contribution is -2.48. The first-order chi connectivity index (χ1) is 12.2. The summed E-state index contributed by atoms with van der Waals surface area (Å²) < 4.78 is 0. The van der Waals surface area contributed by atoms with E-state index in [1.54, 1.807) is 45.0 Å². The first kappa shape index (κ1) is 19.7. The van der Waals surface area contributed by atoms with Gasteiger partial charge in [-0.05, 0) is 38.0 Å². The van der Waals surface area contributed by atoms with Gasteiger partial charge in [0.15, 0.2) is 0 Å². The quantitative estimate of drug-likeness (QED) is 0.676. The van der Waals surface area contributed by atoms with Gasteiger partial charge in [0, 0.05) is 11.1 Å². The molecule has 9 heteroatoms. The van der Waals surface area contributed by atoms with Crippen molar-refractivity contribution in [2.75, 3.05) is 6.54 Å². The molecule has 140 valence electrons. The zero-order valence-electron chi connectivity index (χ0n) is 14.8. The normalized spacial score (nSPS) is 19.5. The first-order valence-electron chi connectivity index (χ1n) is 8.20. The summed E-state index contributed by atoms with van der Waals surface area (Å²) in [5.74, 6) is -1.30. The largest absolute Gasteiger partial charge is 0.336 e. The van der Waals surface area contributed by atoms with Crippen LogP contribution in [0.1, 0.15) is 32.8 Å². The molecule has 3 N–H and O–H groups in total. The number of nitrogens with one attached hydrogen (secondary N) is 3. The molecule has 0 aliphatic carbocycles. The number of halogens is 1. The summed E-state index contributed by atoms with van der Waals surface area (Å²) in [7, 11) is 0. The maximum Gasteiger partial charge on any atom is 0.325 e. The smallest absolute Gasteiger partial charge is 0.325 e. The standard InChI is InChI=1S/C17H21ClN4O4/c1-4-17(11-5-7-12(18)8-6-11)14(24)22(16(26)21-17)9-13(23)20-15(25)19-10(2)3/h5-8,10H,4,9H2,1-3H3,(H,21,26)(H2,19,20,23,25)/t17-/m0/s1. The lowest BCUT2D eigenvalue weighted by Gasteiger charge is -2.25. The first-order valence-corrected chi connectivity index (χ1v) is 8.58. The van der Waals surface area contributed by atoms with Gasteiger partial charge in [0.05, 0.1) is 0 Å². The van der Waals surface area contributed by atoms with Crippen molar-refractivity contribution >= 4 is 35.5 Å². The minimum atomic E-state index is -1.26. The number of hydrogen-bond donors (Lipinski definition) is 3. The molecule has 1 saturated heterocycles. The van der Waals surface area contributed by atoms with Gasteiger partial charge in [0.1, 0.15) is 12.1 Å². The second kappa shape index (κ2) is 7.74. The topological polar surface area (TPSA) is 108 Å². The van der Waals surface area contributed by atoms with E-state index in [-0.39, 0.29) is 6.04 Å². The van der Waals surface area contributed by atoms with Crippen LogP contribution in [0.25, 0.3) is 0 Å². The van der Waals surface area contributed by atoms with E-state index in [1.165, 1.54) is 0 Å². The maximum atomic E-state index is 12.9. The summed E-state index contributed by atoms with van der Waals surface area (Å²) in [6, 6.07) is 5.03. The second-order valence-electron chi connectivity index (χ2n) is 6.26. The Morgan fingerprint density at radius 1 is 1.23 bits per heavy atom. The Bertz CT molecular complexity index is 735. The van der Waals surface area contributed by atoms with Crippen molar-refractivity contribution in [2.24, 2.45) is 0 Å². The fourth-order valence-corrected chi connectivity index (χ4v) is 2.88. The second-order valence-corrected chi connectivity index (χ2v) is 6.70. The van der Waals surface area contributed by atoms with E-state index < -0.39 is 36.0 Å². The van der Waals surface area contributed by atoms with Gasteiger partial charge in [-0.3, -0.25) is 19.8 Å². The van der Waals surface area contributed by atoms with Crippen molar-refractivity contribution < 1.29 is 19.2 Å². The molecule has 1 aromatic rings. The molecule has 2 rings (SSSR count). The molecule has 1 aliphatic rings. The number of imide groups is 2. The molecule has 0 spiro atoms. The van der Waals surface area contributed by atoms with E-state index in [9.17, 15) is 19.2 Å². The van der Waals surface area contributed by atoms with Crippen LogP contribution < -0.4 is 16.0 Å². The van der Waals surface area contributed by atoms with Crippen LogP contribution in [-0.4, -0.2) is 41.4 Å². The van der Waals surface area contributed by atoms with E-state index in [0.29, 0.717) is 17.0 Å². The molecule has 0 aromatic heterocycles. The van der Waals surface area contributed by atoms with E-state index in [4.69, 9.17) is 11.6 Å². The average molecular weight is 381 g/mol. The highest BCUT2D eigenvalue weighted by atomic mass is 35.5. The minimum Gasteiger partial charge on any atom is -0.336 e. The van der Waals surface area contributed by atoms with Gasteiger partial charge < -0.3 is 10.6 Å². The monoisotopic (exact) mass is 380 g/mol. The molecular formula is C17H21ClN4O4. The number of rotatable bonds is 5. The molecule has 8 nitrogen and oxygen atoms in total. The van der Waals surface area contributed by atoms with Crippen LogP contribution in [0.3, 0.4) is 0 Å². The molecule has 1 fully saturated rings. The summed E-state index contributed by atoms with van der Waals surface area (Å²) in [5, 5.41) is 7.74. The Labute approximate surface area is 156 Å². The number of carbonyl (C=O) groups is 4. The Hall–Kier alpha value is -2.61. The lowest BCUT2D eigenvalue weighted by atomic mass is 9.87. The van der Waals surface area contributed by atoms with Crippen molar-refractivity contribution in [3.8, 4) is 0 Å². The molecule has 0 radical (unpaired) electrons. The molecule has 0 unspecified atom stereocenters. The molecule has 1 atom stereocenters. The number of benzene rings is 1. The Morgan fingerprint density at radius 2 is 1.85 bits per heavy atom. The summed E-state index contributed by atoms with van der Waals surface area (Å²) in [5.41, 5.74) is -0.689. The van der Waals surface area contributed by atoms with E-state index in [0.717, 1.165) is 4.90 Å². The highest BCUT2D eigenvalue weighted by molar-refractivity contribution is 6.30. The summed E-state index contributed by atoms with van der Waals surface area (Å²) in [4.78, 5) is 49.5. The van der Waals surface area contributed by atoms with Crippen molar-refractivity contribution in [1.82, 2.24) is 20.9 Å². The van der Waals surface area contributed by atoms with Crippen LogP contribution in [-0.2, 0) is 15.1 Å². The predicted molar refractivity (Wildman–Crippen MR) is 95.5 cm³/mol. The van der Waals surface area contributed by atoms with Crippen LogP contribution in [0.5, 0.6) is 0 Å². The molecule has 26 heavy (non-hydrogen) atoms. The van der Waals surface area contributed by atoms with Gasteiger partial charge >= 0.3 is 12.1 Å². The van der Waals surface area contributed by atoms with Crippen LogP contribution >= 0.6 is 11.6 Å². The molecule has 0 bridgehead atoms. The Morgan fingerprint density at radius 3 is 2.38 bits per heavy atom. The van der Waals surface area contributed by atoms with Gasteiger partial charge in [-0.25, -0.2) is 9.59 Å². The summed E-state index contributed by atoms with van der Waals surface area (Å²) in [6.07, 6.45) is 0.297. The third-order valence-corrected chi connectivity index (χ3v) is 4.27. The molecule has 1 aromatic carbocycles. The van der Waals surface area contributed by atoms with E-state index in [1.807, 2.05) is 0 Å². The lowest BCUT2D eigenvalue weighted by molar-refractivity contribution is -0.135. The molecular weight excluding hydrogens is 360 g/mol. The number of nitrogens with zero attached hydrogens (tertiary/aromatic N) is 1. The minimum absolute atomic E-state index is 0.155. The van der Waals surface area contributed by atoms with Crippen molar-refractivity contribution in [1.29, 1.82) is 0 Å². The van der Waals surface area contributed by atoms with Gasteiger partial charge in [-0.15, -0.1) is 0 Å². The van der Waals surface area contributed by atoms with E-state index in [2.05, 4.69) is 16.0 Å². The van der Waals surface area contributed by atoms with Crippen molar-refractivity contribution in [2.45, 2.75) is 38.8 Å². The Balaban J connectivity index is 2.15. The summed E-state index contributed by atoms with van der Waals surface area (Å²) in [6.45, 7) is 4.68. The number of amides is 6. The van der Waals surface area contributed by atoms with Crippen LogP contribution in [0.4, 0.5) is 9.59 Å². The number of hydrogen-bond acceptors (Lipinski definition) is 4.